The third-order valence-electron chi connectivity index (χ3n) is 3.49. The summed E-state index contributed by atoms with van der Waals surface area (Å²) in [6.45, 7) is 1.71. The van der Waals surface area contributed by atoms with E-state index in [4.69, 9.17) is 9.84 Å². The fourth-order valence-electron chi connectivity index (χ4n) is 2.43. The predicted octanol–water partition coefficient (Wildman–Crippen LogP) is 1.20. The third kappa shape index (κ3) is 1.58. The van der Waals surface area contributed by atoms with Crippen molar-refractivity contribution in [2.75, 3.05) is 6.61 Å². The zero-order chi connectivity index (χ0) is 15.5. The number of aromatic nitrogens is 1. The first-order chi connectivity index (χ1) is 9.84. The van der Waals surface area contributed by atoms with Crippen LogP contribution in [0.3, 0.4) is 0 Å². The Labute approximate surface area is 116 Å². The largest absolute Gasteiger partial charge is 0.504 e. The summed E-state index contributed by atoms with van der Waals surface area (Å²) in [6.07, 6.45) is 1.08. The number of carboxylic acid groups (broad SMARTS) is 1. The van der Waals surface area contributed by atoms with Crippen molar-refractivity contribution >= 4 is 16.9 Å². The molecule has 2 aromatic rings. The molecular formula is C13H10FNO6. The van der Waals surface area contributed by atoms with E-state index in [1.165, 1.54) is 4.57 Å². The van der Waals surface area contributed by atoms with Gasteiger partial charge in [-0.15, -0.1) is 0 Å². The first kappa shape index (κ1) is 13.2. The molecule has 3 N–H and O–H groups in total. The Morgan fingerprint density at radius 2 is 2.10 bits per heavy atom. The molecule has 0 amide bonds. The van der Waals surface area contributed by atoms with Gasteiger partial charge in [-0.25, -0.2) is 4.79 Å². The number of benzene rings is 1. The van der Waals surface area contributed by atoms with Gasteiger partial charge >= 0.3 is 5.97 Å². The molecule has 0 aliphatic carbocycles. The number of rotatable bonds is 1. The lowest BCUT2D eigenvalue weighted by molar-refractivity contribution is 0.0694. The second kappa shape index (κ2) is 4.11. The monoisotopic (exact) mass is 295 g/mol. The van der Waals surface area contributed by atoms with Crippen LogP contribution in [0.25, 0.3) is 10.9 Å². The Bertz CT molecular complexity index is 856. The van der Waals surface area contributed by atoms with Crippen molar-refractivity contribution in [2.24, 2.45) is 0 Å². The second-order valence-corrected chi connectivity index (χ2v) is 4.81. The number of halogens is 1. The molecule has 1 aliphatic rings. The number of hydrogen-bond acceptors (Lipinski definition) is 5. The van der Waals surface area contributed by atoms with Crippen LogP contribution in [0.1, 0.15) is 23.3 Å². The summed E-state index contributed by atoms with van der Waals surface area (Å²) in [5, 5.41) is 28.0. The summed E-state index contributed by atoms with van der Waals surface area (Å²) in [6, 6.07) is -0.373. The van der Waals surface area contributed by atoms with Gasteiger partial charge in [-0.2, -0.15) is 4.39 Å². The van der Waals surface area contributed by atoms with Gasteiger partial charge in [0.15, 0.2) is 17.2 Å². The SMILES string of the molecule is C[C@H]1COc2c(F)c(O)c(O)c3c(=O)c(C(=O)O)cn1c23. The molecule has 0 saturated carbocycles. The van der Waals surface area contributed by atoms with E-state index in [0.29, 0.717) is 0 Å². The number of aromatic carboxylic acids is 1. The summed E-state index contributed by atoms with van der Waals surface area (Å²) in [7, 11) is 0. The molecule has 21 heavy (non-hydrogen) atoms. The Kier molecular flexibility index (Phi) is 2.59. The number of nitrogens with zero attached hydrogens (tertiary/aromatic N) is 1. The minimum atomic E-state index is -1.48. The molecule has 0 radical (unpaired) electrons. The van der Waals surface area contributed by atoms with Crippen LogP contribution < -0.4 is 10.2 Å². The lowest BCUT2D eigenvalue weighted by atomic mass is 10.1. The van der Waals surface area contributed by atoms with Crippen LogP contribution in [-0.2, 0) is 0 Å². The van der Waals surface area contributed by atoms with E-state index < -0.39 is 39.7 Å². The number of pyridine rings is 1. The van der Waals surface area contributed by atoms with E-state index in [-0.39, 0.29) is 23.9 Å². The fraction of sp³-hybridized carbons (Fsp3) is 0.231. The first-order valence-corrected chi connectivity index (χ1v) is 6.03. The van der Waals surface area contributed by atoms with Gasteiger partial charge in [-0.1, -0.05) is 0 Å². The number of phenolic OH excluding ortho intramolecular Hbond substituents is 2. The highest BCUT2D eigenvalue weighted by Crippen LogP contribution is 2.44. The number of phenols is 2. The van der Waals surface area contributed by atoms with Gasteiger partial charge in [0, 0.05) is 6.20 Å². The van der Waals surface area contributed by atoms with Crippen molar-refractivity contribution in [2.45, 2.75) is 13.0 Å². The third-order valence-corrected chi connectivity index (χ3v) is 3.49. The molecule has 1 aliphatic heterocycles. The van der Waals surface area contributed by atoms with E-state index in [0.717, 1.165) is 6.20 Å². The smallest absolute Gasteiger partial charge is 0.341 e. The minimum absolute atomic E-state index is 0.0329. The number of carbonyl (C=O) groups is 1. The number of hydrogen-bond donors (Lipinski definition) is 3. The highest BCUT2D eigenvalue weighted by Gasteiger charge is 2.31. The molecule has 110 valence electrons. The summed E-state index contributed by atoms with van der Waals surface area (Å²) >= 11 is 0. The minimum Gasteiger partial charge on any atom is -0.504 e. The van der Waals surface area contributed by atoms with Gasteiger partial charge in [-0.3, -0.25) is 4.79 Å². The molecule has 1 aromatic carbocycles. The average molecular weight is 295 g/mol. The molecule has 1 aromatic heterocycles. The topological polar surface area (TPSA) is 109 Å². The zero-order valence-corrected chi connectivity index (χ0v) is 10.8. The van der Waals surface area contributed by atoms with Crippen LogP contribution in [0, 0.1) is 5.82 Å². The van der Waals surface area contributed by atoms with Crippen molar-refractivity contribution in [1.82, 2.24) is 4.57 Å². The van der Waals surface area contributed by atoms with Crippen LogP contribution in [-0.4, -0.2) is 32.5 Å². The summed E-state index contributed by atoms with van der Waals surface area (Å²) in [4.78, 5) is 23.3. The normalized spacial score (nSPS) is 16.8. The molecule has 0 spiro atoms. The molecule has 3 rings (SSSR count). The van der Waals surface area contributed by atoms with E-state index in [9.17, 15) is 24.2 Å². The van der Waals surface area contributed by atoms with Gasteiger partial charge in [0.1, 0.15) is 17.7 Å². The molecule has 8 heteroatoms. The maximum atomic E-state index is 14.0. The Morgan fingerprint density at radius 1 is 1.43 bits per heavy atom. The van der Waals surface area contributed by atoms with E-state index >= 15 is 0 Å². The van der Waals surface area contributed by atoms with Gasteiger partial charge in [0.25, 0.3) is 0 Å². The lowest BCUT2D eigenvalue weighted by Crippen LogP contribution is -2.27. The number of ether oxygens (including phenoxy) is 1. The van der Waals surface area contributed by atoms with E-state index in [1.54, 1.807) is 6.92 Å². The maximum Gasteiger partial charge on any atom is 0.341 e. The average Bonchev–Trinajstić information content (AvgIpc) is 2.43. The highest BCUT2D eigenvalue weighted by atomic mass is 19.1. The molecule has 0 fully saturated rings. The predicted molar refractivity (Wildman–Crippen MR) is 68.7 cm³/mol. The van der Waals surface area contributed by atoms with Gasteiger partial charge in [0.05, 0.1) is 11.4 Å². The summed E-state index contributed by atoms with van der Waals surface area (Å²) in [5.41, 5.74) is -1.67. The Balaban J connectivity index is 2.64. The number of aromatic hydroxyl groups is 2. The fourth-order valence-corrected chi connectivity index (χ4v) is 2.43. The Morgan fingerprint density at radius 3 is 2.71 bits per heavy atom. The lowest BCUT2D eigenvalue weighted by Gasteiger charge is -2.27. The second-order valence-electron chi connectivity index (χ2n) is 4.81. The van der Waals surface area contributed by atoms with Crippen molar-refractivity contribution in [3.8, 4) is 17.2 Å². The van der Waals surface area contributed by atoms with Crippen molar-refractivity contribution in [3.05, 3.63) is 27.8 Å². The molecule has 0 saturated heterocycles. The maximum absolute atomic E-state index is 14.0. The number of carboxylic acids is 1. The molecule has 7 nitrogen and oxygen atoms in total. The molecule has 0 bridgehead atoms. The van der Waals surface area contributed by atoms with Crippen LogP contribution in [0.5, 0.6) is 17.2 Å². The zero-order valence-electron chi connectivity index (χ0n) is 10.8. The first-order valence-electron chi connectivity index (χ1n) is 6.03. The van der Waals surface area contributed by atoms with Crippen LogP contribution in [0.4, 0.5) is 4.39 Å². The van der Waals surface area contributed by atoms with Crippen LogP contribution >= 0.6 is 0 Å². The quantitative estimate of drug-likeness (QED) is 0.682. The van der Waals surface area contributed by atoms with Gasteiger partial charge < -0.3 is 24.6 Å². The van der Waals surface area contributed by atoms with E-state index in [2.05, 4.69) is 0 Å². The molecule has 2 heterocycles. The highest BCUT2D eigenvalue weighted by molar-refractivity contribution is 5.98. The van der Waals surface area contributed by atoms with Gasteiger partial charge in [-0.05, 0) is 6.92 Å². The Hall–Kier alpha value is -2.77. The molecule has 1 atom stereocenters. The van der Waals surface area contributed by atoms with E-state index in [1.807, 2.05) is 0 Å². The summed E-state index contributed by atoms with van der Waals surface area (Å²) in [5.74, 6) is -5.19. The van der Waals surface area contributed by atoms with Crippen LogP contribution in [0.15, 0.2) is 11.0 Å². The van der Waals surface area contributed by atoms with Crippen molar-refractivity contribution in [3.63, 3.8) is 0 Å². The summed E-state index contributed by atoms with van der Waals surface area (Å²) < 4.78 is 20.5. The molecular weight excluding hydrogens is 285 g/mol. The van der Waals surface area contributed by atoms with Crippen molar-refractivity contribution in [1.29, 1.82) is 0 Å². The van der Waals surface area contributed by atoms with Gasteiger partial charge in [0.2, 0.25) is 11.2 Å². The van der Waals surface area contributed by atoms with Crippen LogP contribution in [0.2, 0.25) is 0 Å². The molecule has 0 unspecified atom stereocenters. The van der Waals surface area contributed by atoms with Crippen molar-refractivity contribution < 1.29 is 29.2 Å². The standard InChI is InChI=1S/C13H10FNO6/c1-4-3-21-12-7(14)11(18)10(17)6-8(12)15(4)2-5(9(6)16)13(19)20/h2,4,17-18H,3H2,1H3,(H,19,20)/t4-/m0/s1.